The Hall–Kier alpha value is -3.31. The van der Waals surface area contributed by atoms with Crippen molar-refractivity contribution in [1.29, 1.82) is 0 Å². The first-order chi connectivity index (χ1) is 15.9. The number of para-hydroxylation sites is 2. The summed E-state index contributed by atoms with van der Waals surface area (Å²) in [6, 6.07) is 21.3. The molecule has 166 valence electrons. The predicted octanol–water partition coefficient (Wildman–Crippen LogP) is 6.81. The summed E-state index contributed by atoms with van der Waals surface area (Å²) in [6.45, 7) is 9.15. The topological polar surface area (TPSA) is 23.5 Å². The van der Waals surface area contributed by atoms with E-state index >= 15 is 0 Å². The summed E-state index contributed by atoms with van der Waals surface area (Å²) in [5, 5.41) is 3.65. The third-order valence-corrected chi connectivity index (χ3v) is 8.37. The fourth-order valence-electron chi connectivity index (χ4n) is 5.56. The van der Waals surface area contributed by atoms with Crippen LogP contribution in [0.5, 0.6) is 0 Å². The number of aryl methyl sites for hydroxylation is 2. The van der Waals surface area contributed by atoms with E-state index in [2.05, 4.69) is 116 Å². The number of anilines is 1. The molecule has 0 fully saturated rings. The molecule has 0 saturated heterocycles. The number of hydrogen-bond acceptors (Lipinski definition) is 4. The number of aromatic nitrogens is 1. The fraction of sp³-hybridized carbons (Fsp3) is 0.250. The summed E-state index contributed by atoms with van der Waals surface area (Å²) >= 11 is 1.84. The lowest BCUT2D eigenvalue weighted by atomic mass is 9.85. The van der Waals surface area contributed by atoms with Crippen LogP contribution in [0.2, 0.25) is 0 Å². The summed E-state index contributed by atoms with van der Waals surface area (Å²) in [7, 11) is 2.16. The third kappa shape index (κ3) is 2.85. The minimum atomic E-state index is -0.240. The van der Waals surface area contributed by atoms with E-state index in [9.17, 15) is 0 Å². The number of hydrogen-bond donors (Lipinski definition) is 0. The van der Waals surface area contributed by atoms with Crippen LogP contribution < -0.4 is 9.47 Å². The number of fused-ring (bicyclic) bond motifs is 4. The van der Waals surface area contributed by atoms with E-state index in [1.165, 1.54) is 37.2 Å². The number of nitrogens with zero attached hydrogens (tertiary/aromatic N) is 3. The van der Waals surface area contributed by atoms with E-state index in [-0.39, 0.29) is 11.7 Å². The van der Waals surface area contributed by atoms with E-state index in [1.807, 2.05) is 17.4 Å². The molecular formula is C28H28N3OS+. The standard InChI is InChI=1S/C28H28N3OS/c1-18-14-15-23-25(20-10-6-8-12-22(20)32-23)26(18)28(3,4)31-17-16-30(19(31)2)27-29(5)21-11-7-9-13-24(21)33-27/h6-17,19H,1-5H3/q+1/t19-/m1/s1. The van der Waals surface area contributed by atoms with Gasteiger partial charge in [0.05, 0.1) is 17.3 Å². The smallest absolute Gasteiger partial charge is 0.343 e. The molecule has 0 N–H and O–H groups in total. The maximum absolute atomic E-state index is 6.22. The van der Waals surface area contributed by atoms with E-state index in [0.29, 0.717) is 0 Å². The van der Waals surface area contributed by atoms with Crippen LogP contribution in [-0.2, 0) is 12.6 Å². The first kappa shape index (κ1) is 20.3. The van der Waals surface area contributed by atoms with Gasteiger partial charge in [-0.05, 0) is 74.4 Å². The highest BCUT2D eigenvalue weighted by Gasteiger charge is 2.42. The van der Waals surface area contributed by atoms with Crippen molar-refractivity contribution in [3.63, 3.8) is 0 Å². The highest BCUT2D eigenvalue weighted by atomic mass is 32.1. The van der Waals surface area contributed by atoms with Crippen LogP contribution in [0.15, 0.2) is 77.5 Å². The number of rotatable bonds is 3. The molecule has 0 aliphatic carbocycles. The lowest BCUT2D eigenvalue weighted by Crippen LogP contribution is -2.48. The summed E-state index contributed by atoms with van der Waals surface area (Å²) < 4.78 is 9.83. The van der Waals surface area contributed by atoms with Crippen molar-refractivity contribution in [2.75, 3.05) is 4.90 Å². The lowest BCUT2D eigenvalue weighted by Gasteiger charge is -2.40. The second-order valence-electron chi connectivity index (χ2n) is 9.44. The first-order valence-electron chi connectivity index (χ1n) is 11.4. The Bertz CT molecular complexity index is 1560. The Morgan fingerprint density at radius 1 is 0.939 bits per heavy atom. The second-order valence-corrected chi connectivity index (χ2v) is 10.5. The Morgan fingerprint density at radius 2 is 1.70 bits per heavy atom. The van der Waals surface area contributed by atoms with Crippen molar-refractivity contribution < 1.29 is 8.98 Å². The summed E-state index contributed by atoms with van der Waals surface area (Å²) in [5.41, 5.74) is 5.53. The van der Waals surface area contributed by atoms with Crippen LogP contribution in [0.1, 0.15) is 31.9 Å². The molecule has 0 spiro atoms. The molecule has 1 aliphatic heterocycles. The molecule has 0 amide bonds. The molecule has 0 radical (unpaired) electrons. The van der Waals surface area contributed by atoms with Gasteiger partial charge >= 0.3 is 5.13 Å². The Morgan fingerprint density at radius 3 is 2.52 bits per heavy atom. The minimum absolute atomic E-state index is 0.173. The van der Waals surface area contributed by atoms with E-state index in [4.69, 9.17) is 4.42 Å². The van der Waals surface area contributed by atoms with Gasteiger partial charge < -0.3 is 9.32 Å². The molecule has 3 heterocycles. The first-order valence-corrected chi connectivity index (χ1v) is 12.2. The number of thiazole rings is 1. The Kier molecular flexibility index (Phi) is 4.36. The van der Waals surface area contributed by atoms with Gasteiger partial charge in [-0.3, -0.25) is 0 Å². The minimum Gasteiger partial charge on any atom is -0.456 e. The number of furan rings is 1. The highest BCUT2D eigenvalue weighted by molar-refractivity contribution is 7.21. The molecule has 0 saturated carbocycles. The molecular weight excluding hydrogens is 426 g/mol. The molecule has 6 rings (SSSR count). The fourth-order valence-corrected chi connectivity index (χ4v) is 6.77. The summed E-state index contributed by atoms with van der Waals surface area (Å²) in [5.74, 6) is 0. The zero-order chi connectivity index (χ0) is 22.9. The predicted molar refractivity (Wildman–Crippen MR) is 137 cm³/mol. The largest absolute Gasteiger partial charge is 0.456 e. The van der Waals surface area contributed by atoms with Crippen molar-refractivity contribution in [2.45, 2.75) is 39.4 Å². The SMILES string of the molecule is Cc1ccc2oc3ccccc3c2c1C(C)(C)N1C=CN(c2sc3ccccc3[n+]2C)[C@H]1C. The highest BCUT2D eigenvalue weighted by Crippen LogP contribution is 2.43. The maximum atomic E-state index is 6.22. The number of benzene rings is 3. The molecule has 2 aromatic heterocycles. The third-order valence-electron chi connectivity index (χ3n) is 7.14. The van der Waals surface area contributed by atoms with Crippen LogP contribution >= 0.6 is 11.3 Å². The van der Waals surface area contributed by atoms with E-state index in [0.717, 1.165) is 11.2 Å². The average molecular weight is 455 g/mol. The van der Waals surface area contributed by atoms with Crippen molar-refractivity contribution in [1.82, 2.24) is 4.90 Å². The lowest BCUT2D eigenvalue weighted by molar-refractivity contribution is -0.628. The van der Waals surface area contributed by atoms with E-state index < -0.39 is 0 Å². The average Bonchev–Trinajstić information content (AvgIpc) is 3.47. The van der Waals surface area contributed by atoms with Crippen LogP contribution in [0.25, 0.3) is 32.2 Å². The zero-order valence-corrected chi connectivity index (χ0v) is 20.5. The summed E-state index contributed by atoms with van der Waals surface area (Å²) in [6.07, 6.45) is 4.64. The van der Waals surface area contributed by atoms with E-state index in [1.54, 1.807) is 0 Å². The van der Waals surface area contributed by atoms with Gasteiger partial charge in [-0.1, -0.05) is 36.4 Å². The maximum Gasteiger partial charge on any atom is 0.343 e. The monoisotopic (exact) mass is 454 g/mol. The van der Waals surface area contributed by atoms with Crippen molar-refractivity contribution in [3.8, 4) is 0 Å². The van der Waals surface area contributed by atoms with Gasteiger partial charge in [0.25, 0.3) is 0 Å². The van der Waals surface area contributed by atoms with Crippen molar-refractivity contribution >= 4 is 48.6 Å². The van der Waals surface area contributed by atoms with Crippen molar-refractivity contribution in [2.24, 2.45) is 7.05 Å². The molecule has 33 heavy (non-hydrogen) atoms. The second kappa shape index (κ2) is 7.09. The van der Waals surface area contributed by atoms with Gasteiger partial charge in [0, 0.05) is 17.0 Å². The molecule has 4 nitrogen and oxygen atoms in total. The molecule has 3 aromatic carbocycles. The van der Waals surface area contributed by atoms with Crippen LogP contribution in [-0.4, -0.2) is 11.1 Å². The molecule has 1 aliphatic rings. The van der Waals surface area contributed by atoms with Gasteiger partial charge in [0.15, 0.2) is 6.17 Å². The molecule has 5 heteroatoms. The molecule has 5 aromatic rings. The van der Waals surface area contributed by atoms with Gasteiger partial charge in [-0.15, -0.1) is 0 Å². The molecule has 0 unspecified atom stereocenters. The van der Waals surface area contributed by atoms with Gasteiger partial charge in [0.1, 0.15) is 22.9 Å². The zero-order valence-electron chi connectivity index (χ0n) is 19.7. The Labute approximate surface area is 198 Å². The molecule has 1 atom stereocenters. The quantitative estimate of drug-likeness (QED) is 0.280. The van der Waals surface area contributed by atoms with Gasteiger partial charge in [0.2, 0.25) is 0 Å². The van der Waals surface area contributed by atoms with Crippen LogP contribution in [0.3, 0.4) is 0 Å². The normalized spacial score (nSPS) is 16.7. The summed E-state index contributed by atoms with van der Waals surface area (Å²) in [4.78, 5) is 4.86. The van der Waals surface area contributed by atoms with Crippen molar-refractivity contribution in [3.05, 3.63) is 84.2 Å². The van der Waals surface area contributed by atoms with Crippen LogP contribution in [0.4, 0.5) is 5.13 Å². The van der Waals surface area contributed by atoms with Gasteiger partial charge in [-0.2, -0.15) is 0 Å². The van der Waals surface area contributed by atoms with Gasteiger partial charge in [-0.25, -0.2) is 9.47 Å². The molecule has 0 bridgehead atoms. The Balaban J connectivity index is 1.46. The van der Waals surface area contributed by atoms with Crippen LogP contribution in [0, 0.1) is 6.92 Å².